The Bertz CT molecular complexity index is 1130. The fraction of sp³-hybridized carbons (Fsp3) is 0.348. The Hall–Kier alpha value is -3.80. The minimum absolute atomic E-state index is 0.272. The highest BCUT2D eigenvalue weighted by molar-refractivity contribution is 5.73. The number of aryl methyl sites for hydroxylation is 1. The molecule has 0 spiro atoms. The van der Waals surface area contributed by atoms with Gasteiger partial charge in [-0.2, -0.15) is 13.2 Å². The van der Waals surface area contributed by atoms with Gasteiger partial charge in [0.1, 0.15) is 17.5 Å². The Morgan fingerprint density at radius 2 is 1.91 bits per heavy atom. The lowest BCUT2D eigenvalue weighted by atomic mass is 10.1. The molecule has 1 unspecified atom stereocenters. The van der Waals surface area contributed by atoms with Crippen molar-refractivity contribution in [2.75, 3.05) is 23.3 Å². The topological polar surface area (TPSA) is 124 Å². The lowest BCUT2D eigenvalue weighted by Crippen LogP contribution is -2.38. The van der Waals surface area contributed by atoms with Gasteiger partial charge in [-0.15, -0.1) is 0 Å². The van der Waals surface area contributed by atoms with Crippen LogP contribution in [-0.4, -0.2) is 61.5 Å². The fourth-order valence-electron chi connectivity index (χ4n) is 3.40. The van der Waals surface area contributed by atoms with Crippen molar-refractivity contribution in [3.8, 4) is 11.4 Å². The first-order valence-corrected chi connectivity index (χ1v) is 10.8. The molecule has 3 aromatic heterocycles. The van der Waals surface area contributed by atoms with Crippen LogP contribution in [0.5, 0.6) is 0 Å². The number of carboxylic acids is 1. The average molecular weight is 490 g/mol. The van der Waals surface area contributed by atoms with Crippen molar-refractivity contribution in [1.29, 1.82) is 0 Å². The van der Waals surface area contributed by atoms with Gasteiger partial charge in [-0.3, -0.25) is 4.98 Å². The van der Waals surface area contributed by atoms with Crippen LogP contribution >= 0.6 is 0 Å². The molecule has 9 nitrogen and oxygen atoms in total. The number of piperidine rings is 1. The van der Waals surface area contributed by atoms with Crippen LogP contribution in [0.2, 0.25) is 0 Å². The molecule has 1 saturated heterocycles. The number of anilines is 2. The highest BCUT2D eigenvalue weighted by Gasteiger charge is 2.38. The second-order valence-corrected chi connectivity index (χ2v) is 7.82. The molecule has 0 amide bonds. The van der Waals surface area contributed by atoms with E-state index in [-0.39, 0.29) is 6.10 Å². The van der Waals surface area contributed by atoms with Gasteiger partial charge in [-0.05, 0) is 49.6 Å². The number of aromatic nitrogens is 4. The molecule has 0 radical (unpaired) electrons. The number of β-amino-alcohol motifs (C(OH)–C–C–N with tert-alkyl or cyclic N) is 1. The summed E-state index contributed by atoms with van der Waals surface area (Å²) in [5.74, 6) is -0.387. The average Bonchev–Trinajstić information content (AvgIpc) is 2.83. The number of aliphatic hydroxyl groups is 1. The number of nitrogens with one attached hydrogen (secondary N) is 1. The molecule has 1 aliphatic rings. The number of carbonyl (C=O) groups is 1. The quantitative estimate of drug-likeness (QED) is 0.493. The van der Waals surface area contributed by atoms with E-state index in [4.69, 9.17) is 9.90 Å². The van der Waals surface area contributed by atoms with Gasteiger partial charge in [0.25, 0.3) is 0 Å². The van der Waals surface area contributed by atoms with Gasteiger partial charge >= 0.3 is 12.1 Å². The Morgan fingerprint density at radius 3 is 2.57 bits per heavy atom. The molecule has 3 aromatic rings. The molecule has 35 heavy (non-hydrogen) atoms. The minimum atomic E-state index is -5.08. The van der Waals surface area contributed by atoms with Gasteiger partial charge in [0.15, 0.2) is 0 Å². The lowest BCUT2D eigenvalue weighted by molar-refractivity contribution is -0.192. The molecule has 0 aliphatic carbocycles. The predicted molar refractivity (Wildman–Crippen MR) is 123 cm³/mol. The van der Waals surface area contributed by atoms with E-state index in [0.717, 1.165) is 48.0 Å². The third-order valence-corrected chi connectivity index (χ3v) is 5.01. The summed E-state index contributed by atoms with van der Waals surface area (Å²) in [6.07, 6.45) is 0.0744. The van der Waals surface area contributed by atoms with Crippen LogP contribution in [0, 0.1) is 6.92 Å². The monoisotopic (exact) mass is 490 g/mol. The predicted octanol–water partition coefficient (Wildman–Crippen LogP) is 3.45. The van der Waals surface area contributed by atoms with Gasteiger partial charge in [-0.1, -0.05) is 6.07 Å². The highest BCUT2D eigenvalue weighted by atomic mass is 19.4. The van der Waals surface area contributed by atoms with E-state index in [9.17, 15) is 18.3 Å². The van der Waals surface area contributed by atoms with E-state index in [1.165, 1.54) is 0 Å². The van der Waals surface area contributed by atoms with E-state index >= 15 is 0 Å². The van der Waals surface area contributed by atoms with Crippen LogP contribution in [0.25, 0.3) is 11.4 Å². The maximum Gasteiger partial charge on any atom is 0.490 e. The van der Waals surface area contributed by atoms with Crippen molar-refractivity contribution < 1.29 is 28.2 Å². The number of aliphatic hydroxyl groups excluding tert-OH is 1. The van der Waals surface area contributed by atoms with Crippen LogP contribution in [0.4, 0.5) is 24.8 Å². The van der Waals surface area contributed by atoms with E-state index in [0.29, 0.717) is 18.9 Å². The number of rotatable bonds is 5. The van der Waals surface area contributed by atoms with E-state index in [1.807, 2.05) is 43.5 Å². The molecule has 4 rings (SSSR count). The van der Waals surface area contributed by atoms with Crippen molar-refractivity contribution in [3.05, 3.63) is 60.2 Å². The first-order chi connectivity index (χ1) is 16.6. The van der Waals surface area contributed by atoms with E-state index < -0.39 is 12.1 Å². The number of aliphatic carboxylic acids is 1. The molecule has 186 valence electrons. The Kier molecular flexibility index (Phi) is 8.53. The first kappa shape index (κ1) is 25.8. The van der Waals surface area contributed by atoms with Gasteiger partial charge in [0, 0.05) is 38.1 Å². The van der Waals surface area contributed by atoms with Crippen LogP contribution in [0.1, 0.15) is 24.2 Å². The third kappa shape index (κ3) is 7.88. The summed E-state index contributed by atoms with van der Waals surface area (Å²) in [7, 11) is 0. The number of halogens is 3. The molecular weight excluding hydrogens is 465 g/mol. The number of alkyl halides is 3. The summed E-state index contributed by atoms with van der Waals surface area (Å²) in [5, 5.41) is 20.4. The number of hydrogen-bond donors (Lipinski definition) is 3. The third-order valence-electron chi connectivity index (χ3n) is 5.01. The molecule has 0 aromatic carbocycles. The Balaban J connectivity index is 0.000000429. The molecule has 0 bridgehead atoms. The summed E-state index contributed by atoms with van der Waals surface area (Å²) < 4.78 is 31.7. The van der Waals surface area contributed by atoms with Gasteiger partial charge in [0.05, 0.1) is 17.5 Å². The molecule has 1 aliphatic heterocycles. The normalized spacial score (nSPS) is 15.7. The number of pyridine rings is 2. The first-order valence-electron chi connectivity index (χ1n) is 10.8. The second-order valence-electron chi connectivity index (χ2n) is 7.82. The van der Waals surface area contributed by atoms with Crippen LogP contribution in [-0.2, 0) is 11.3 Å². The van der Waals surface area contributed by atoms with E-state index in [1.54, 1.807) is 6.20 Å². The molecule has 1 atom stereocenters. The largest absolute Gasteiger partial charge is 0.490 e. The number of carboxylic acid groups (broad SMARTS) is 1. The van der Waals surface area contributed by atoms with Gasteiger partial charge in [-0.25, -0.2) is 19.7 Å². The van der Waals surface area contributed by atoms with Gasteiger partial charge in [0.2, 0.25) is 0 Å². The van der Waals surface area contributed by atoms with Crippen molar-refractivity contribution in [1.82, 2.24) is 19.9 Å². The molecule has 0 saturated carbocycles. The lowest BCUT2D eigenvalue weighted by Gasteiger charge is -2.31. The summed E-state index contributed by atoms with van der Waals surface area (Å²) in [6, 6.07) is 11.7. The van der Waals surface area contributed by atoms with Crippen molar-refractivity contribution in [3.63, 3.8) is 0 Å². The minimum Gasteiger partial charge on any atom is -0.475 e. The van der Waals surface area contributed by atoms with E-state index in [2.05, 4.69) is 36.2 Å². The van der Waals surface area contributed by atoms with Crippen LogP contribution < -0.4 is 10.2 Å². The molecule has 4 heterocycles. The van der Waals surface area contributed by atoms with Crippen molar-refractivity contribution >= 4 is 17.6 Å². The Morgan fingerprint density at radius 1 is 1.14 bits per heavy atom. The zero-order valence-corrected chi connectivity index (χ0v) is 18.9. The second kappa shape index (κ2) is 11.6. The summed E-state index contributed by atoms with van der Waals surface area (Å²) >= 11 is 0. The van der Waals surface area contributed by atoms with Crippen molar-refractivity contribution in [2.24, 2.45) is 0 Å². The summed E-state index contributed by atoms with van der Waals surface area (Å²) in [4.78, 5) is 28.9. The fourth-order valence-corrected chi connectivity index (χ4v) is 3.40. The highest BCUT2D eigenvalue weighted by Crippen LogP contribution is 2.21. The molecule has 3 N–H and O–H groups in total. The summed E-state index contributed by atoms with van der Waals surface area (Å²) in [6.45, 7) is 4.08. The molecule has 12 heteroatoms. The SMILES string of the molecule is Cc1nc(NCc2ccnc(N3CCCC(O)C3)c2)cc(-c2ccccn2)n1.O=C(O)C(F)(F)F. The van der Waals surface area contributed by atoms with Crippen LogP contribution in [0.15, 0.2) is 48.8 Å². The zero-order chi connectivity index (χ0) is 25.4. The van der Waals surface area contributed by atoms with Crippen LogP contribution in [0.3, 0.4) is 0 Å². The maximum atomic E-state index is 10.6. The number of hydrogen-bond acceptors (Lipinski definition) is 8. The number of nitrogens with zero attached hydrogens (tertiary/aromatic N) is 5. The summed E-state index contributed by atoms with van der Waals surface area (Å²) in [5.41, 5.74) is 2.74. The maximum absolute atomic E-state index is 10.6. The van der Waals surface area contributed by atoms with Gasteiger partial charge < -0.3 is 20.4 Å². The molecule has 1 fully saturated rings. The Labute approximate surface area is 199 Å². The van der Waals surface area contributed by atoms with Crippen molar-refractivity contribution in [2.45, 2.75) is 38.6 Å². The molecular formula is C23H25F3N6O3. The smallest absolute Gasteiger partial charge is 0.475 e. The zero-order valence-electron chi connectivity index (χ0n) is 18.9. The standard InChI is InChI=1S/C21H24N6O.C2HF3O2/c1-15-25-19(18-6-2-3-8-22-18)12-20(26-15)24-13-16-7-9-23-21(11-16)27-10-4-5-17(28)14-27;3-2(4,5)1(6)7/h2-3,6-9,11-12,17,28H,4-5,10,13-14H2,1H3,(H,24,25,26);(H,6,7).